The Morgan fingerprint density at radius 3 is 2.77 bits per heavy atom. The number of hydrogen-bond acceptors (Lipinski definition) is 6. The van der Waals surface area contributed by atoms with Crippen LogP contribution in [0, 0.1) is 0 Å². The quantitative estimate of drug-likeness (QED) is 0.450. The number of nitrogens with zero attached hydrogens (tertiary/aromatic N) is 5. The number of nitrogens with one attached hydrogen (secondary N) is 1. The van der Waals surface area contributed by atoms with Gasteiger partial charge in [0.2, 0.25) is 0 Å². The lowest BCUT2D eigenvalue weighted by atomic mass is 9.90. The molecule has 2 unspecified atom stereocenters. The SMILES string of the molecule is CCCC(NC(=O)OC(C)(C)C)N(Cc1cn(-c2ccccc2)nn1)C1CCCc2cccnc21. The summed E-state index contributed by atoms with van der Waals surface area (Å²) in [6.45, 7) is 8.29. The van der Waals surface area contributed by atoms with E-state index in [4.69, 9.17) is 9.72 Å². The molecule has 8 nitrogen and oxygen atoms in total. The standard InChI is InChI=1S/C27H36N6O2/c1-5-11-24(29-26(34)35-27(2,3)4)32(23-16-9-12-20-13-10-17-28-25(20)23)18-21-19-33(31-30-21)22-14-7-6-8-15-22/h6-8,10,13-15,17,19,23-24H,5,9,11-12,16,18H2,1-4H3,(H,29,34). The number of aromatic nitrogens is 4. The summed E-state index contributed by atoms with van der Waals surface area (Å²) >= 11 is 0. The Kier molecular flexibility index (Phi) is 7.80. The molecule has 1 aliphatic rings. The predicted molar refractivity (Wildman–Crippen MR) is 135 cm³/mol. The van der Waals surface area contributed by atoms with Crippen LogP contribution in [0.1, 0.15) is 76.4 Å². The molecule has 8 heteroatoms. The van der Waals surface area contributed by atoms with Crippen molar-refractivity contribution in [2.45, 2.75) is 84.2 Å². The van der Waals surface area contributed by atoms with Crippen molar-refractivity contribution in [1.82, 2.24) is 30.2 Å². The maximum atomic E-state index is 12.8. The molecule has 2 atom stereocenters. The molecule has 3 aromatic rings. The van der Waals surface area contributed by atoms with Crippen molar-refractivity contribution in [1.29, 1.82) is 0 Å². The van der Waals surface area contributed by atoms with Gasteiger partial charge in [-0.1, -0.05) is 42.8 Å². The first-order valence-electron chi connectivity index (χ1n) is 12.5. The van der Waals surface area contributed by atoms with Gasteiger partial charge in [-0.15, -0.1) is 5.10 Å². The number of para-hydroxylation sites is 1. The predicted octanol–water partition coefficient (Wildman–Crippen LogP) is 5.19. The molecule has 1 amide bonds. The third-order valence-corrected chi connectivity index (χ3v) is 6.12. The number of benzene rings is 1. The number of hydrogen-bond donors (Lipinski definition) is 1. The zero-order chi connectivity index (χ0) is 24.8. The molecule has 186 valence electrons. The third-order valence-electron chi connectivity index (χ3n) is 6.12. The molecule has 1 aromatic carbocycles. The second-order valence-corrected chi connectivity index (χ2v) is 10.1. The molecule has 0 spiro atoms. The molecular formula is C27H36N6O2. The van der Waals surface area contributed by atoms with Crippen LogP contribution in [-0.2, 0) is 17.7 Å². The van der Waals surface area contributed by atoms with E-state index in [2.05, 4.69) is 33.5 Å². The van der Waals surface area contributed by atoms with Crippen LogP contribution in [0.25, 0.3) is 5.69 Å². The first kappa shape index (κ1) is 24.9. The average molecular weight is 477 g/mol. The highest BCUT2D eigenvalue weighted by Gasteiger charge is 2.34. The monoisotopic (exact) mass is 476 g/mol. The van der Waals surface area contributed by atoms with E-state index in [1.54, 1.807) is 4.68 Å². The van der Waals surface area contributed by atoms with Crippen molar-refractivity contribution in [3.8, 4) is 5.69 Å². The number of carbonyl (C=O) groups is 1. The summed E-state index contributed by atoms with van der Waals surface area (Å²) in [5.74, 6) is 0. The van der Waals surface area contributed by atoms with Crippen LogP contribution in [0.2, 0.25) is 0 Å². The van der Waals surface area contributed by atoms with Gasteiger partial charge < -0.3 is 10.1 Å². The van der Waals surface area contributed by atoms with E-state index < -0.39 is 11.7 Å². The van der Waals surface area contributed by atoms with Crippen LogP contribution in [0.4, 0.5) is 4.79 Å². The van der Waals surface area contributed by atoms with Crippen LogP contribution in [0.3, 0.4) is 0 Å². The first-order valence-corrected chi connectivity index (χ1v) is 12.5. The number of fused-ring (bicyclic) bond motifs is 1. The molecule has 4 rings (SSSR count). The topological polar surface area (TPSA) is 85.2 Å². The largest absolute Gasteiger partial charge is 0.444 e. The van der Waals surface area contributed by atoms with Crippen molar-refractivity contribution in [2.24, 2.45) is 0 Å². The summed E-state index contributed by atoms with van der Waals surface area (Å²) < 4.78 is 7.40. The Labute approximate surface area is 207 Å². The molecule has 1 N–H and O–H groups in total. The molecule has 0 saturated heterocycles. The fourth-order valence-electron chi connectivity index (χ4n) is 4.65. The Morgan fingerprint density at radius 1 is 1.23 bits per heavy atom. The molecule has 0 aliphatic heterocycles. The molecule has 0 fully saturated rings. The lowest BCUT2D eigenvalue weighted by Gasteiger charge is -2.40. The number of pyridine rings is 1. The van der Waals surface area contributed by atoms with Crippen LogP contribution in [0.5, 0.6) is 0 Å². The van der Waals surface area contributed by atoms with Crippen molar-refractivity contribution >= 4 is 6.09 Å². The summed E-state index contributed by atoms with van der Waals surface area (Å²) in [5, 5.41) is 12.0. The van der Waals surface area contributed by atoms with Crippen molar-refractivity contribution in [3.05, 3.63) is 71.8 Å². The van der Waals surface area contributed by atoms with E-state index in [1.165, 1.54) is 5.56 Å². The minimum Gasteiger partial charge on any atom is -0.444 e. The molecule has 1 aliphatic carbocycles. The van der Waals surface area contributed by atoms with E-state index in [0.29, 0.717) is 6.54 Å². The smallest absolute Gasteiger partial charge is 0.408 e. The molecule has 0 saturated carbocycles. The number of ether oxygens (including phenoxy) is 1. The molecule has 2 aromatic heterocycles. The summed E-state index contributed by atoms with van der Waals surface area (Å²) in [5.41, 5.74) is 3.59. The zero-order valence-corrected chi connectivity index (χ0v) is 21.1. The maximum absolute atomic E-state index is 12.8. The van der Waals surface area contributed by atoms with Gasteiger partial charge in [-0.05, 0) is 70.2 Å². The number of carbonyl (C=O) groups excluding carboxylic acids is 1. The average Bonchev–Trinajstić information content (AvgIpc) is 3.30. The van der Waals surface area contributed by atoms with E-state index in [1.807, 2.05) is 69.6 Å². The van der Waals surface area contributed by atoms with Crippen LogP contribution in [-0.4, -0.2) is 42.7 Å². The molecule has 0 bridgehead atoms. The highest BCUT2D eigenvalue weighted by atomic mass is 16.6. The molecule has 0 radical (unpaired) electrons. The van der Waals surface area contributed by atoms with Crippen molar-refractivity contribution < 1.29 is 9.53 Å². The van der Waals surface area contributed by atoms with Crippen molar-refractivity contribution in [2.75, 3.05) is 0 Å². The molecular weight excluding hydrogens is 440 g/mol. The fraction of sp³-hybridized carbons (Fsp3) is 0.481. The van der Waals surface area contributed by atoms with Gasteiger partial charge in [0.25, 0.3) is 0 Å². The second-order valence-electron chi connectivity index (χ2n) is 10.1. The van der Waals surface area contributed by atoms with Gasteiger partial charge in [0.1, 0.15) is 5.60 Å². The number of amides is 1. The lowest BCUT2D eigenvalue weighted by molar-refractivity contribution is 0.0291. The zero-order valence-electron chi connectivity index (χ0n) is 21.1. The van der Waals surface area contributed by atoms with Gasteiger partial charge in [-0.2, -0.15) is 0 Å². The second kappa shape index (κ2) is 11.0. The highest BCUT2D eigenvalue weighted by Crippen LogP contribution is 2.35. The Morgan fingerprint density at radius 2 is 2.03 bits per heavy atom. The van der Waals surface area contributed by atoms with E-state index in [0.717, 1.165) is 49.2 Å². The third kappa shape index (κ3) is 6.45. The Bertz CT molecular complexity index is 1110. The minimum absolute atomic E-state index is 0.0633. The summed E-state index contributed by atoms with van der Waals surface area (Å²) in [7, 11) is 0. The summed E-state index contributed by atoms with van der Waals surface area (Å²) in [4.78, 5) is 19.9. The van der Waals surface area contributed by atoms with Crippen molar-refractivity contribution in [3.63, 3.8) is 0 Å². The number of alkyl carbamates (subject to hydrolysis) is 1. The van der Waals surface area contributed by atoms with Gasteiger partial charge in [0, 0.05) is 12.7 Å². The minimum atomic E-state index is -0.566. The maximum Gasteiger partial charge on any atom is 0.408 e. The van der Waals surface area contributed by atoms with Gasteiger partial charge in [0.05, 0.1) is 35.5 Å². The fourth-order valence-corrected chi connectivity index (χ4v) is 4.65. The van der Waals surface area contributed by atoms with Gasteiger partial charge in [-0.3, -0.25) is 9.88 Å². The van der Waals surface area contributed by atoms with Gasteiger partial charge in [-0.25, -0.2) is 9.48 Å². The highest BCUT2D eigenvalue weighted by molar-refractivity contribution is 5.68. The first-order chi connectivity index (χ1) is 16.8. The Hall–Kier alpha value is -3.26. The summed E-state index contributed by atoms with van der Waals surface area (Å²) in [6, 6.07) is 14.2. The van der Waals surface area contributed by atoms with E-state index in [-0.39, 0.29) is 12.2 Å². The van der Waals surface area contributed by atoms with E-state index in [9.17, 15) is 4.79 Å². The Balaban J connectivity index is 1.65. The van der Waals surface area contributed by atoms with E-state index >= 15 is 0 Å². The molecule has 2 heterocycles. The number of rotatable bonds is 8. The molecule has 35 heavy (non-hydrogen) atoms. The van der Waals surface area contributed by atoms with Gasteiger partial charge >= 0.3 is 6.09 Å². The van der Waals surface area contributed by atoms with Gasteiger partial charge in [0.15, 0.2) is 0 Å². The normalized spacial score (nSPS) is 16.5. The lowest BCUT2D eigenvalue weighted by Crippen LogP contribution is -2.51. The van der Waals surface area contributed by atoms with Crippen LogP contribution < -0.4 is 5.32 Å². The van der Waals surface area contributed by atoms with Crippen LogP contribution in [0.15, 0.2) is 54.9 Å². The number of aryl methyl sites for hydroxylation is 1. The van der Waals surface area contributed by atoms with Crippen LogP contribution >= 0.6 is 0 Å². The summed E-state index contributed by atoms with van der Waals surface area (Å²) in [6.07, 6.45) is 7.93.